The van der Waals surface area contributed by atoms with Crippen molar-refractivity contribution in [2.24, 2.45) is 0 Å². The number of allylic oxidation sites excluding steroid dienone is 1. The Kier molecular flexibility index (Phi) is 6.37. The van der Waals surface area contributed by atoms with Gasteiger partial charge < -0.3 is 5.11 Å². The summed E-state index contributed by atoms with van der Waals surface area (Å²) in [5.41, 5.74) is 0.939. The molecule has 0 spiro atoms. The number of nitrogens with one attached hydrogen (secondary N) is 1. The van der Waals surface area contributed by atoms with E-state index in [1.807, 2.05) is 0 Å². The number of halogens is 1. The second kappa shape index (κ2) is 8.50. The molecule has 0 saturated heterocycles. The average Bonchev–Trinajstić information content (AvgIpc) is 2.60. The molecule has 0 radical (unpaired) electrons. The third kappa shape index (κ3) is 5.61. The lowest BCUT2D eigenvalue weighted by molar-refractivity contribution is -0.136. The Balaban J connectivity index is 2.04. The van der Waals surface area contributed by atoms with E-state index in [-0.39, 0.29) is 35.0 Å². The maximum atomic E-state index is 12.8. The van der Waals surface area contributed by atoms with Gasteiger partial charge >= 0.3 is 5.97 Å². The minimum absolute atomic E-state index is 0.0676. The van der Waals surface area contributed by atoms with E-state index in [0.29, 0.717) is 5.56 Å². The van der Waals surface area contributed by atoms with Gasteiger partial charge in [0, 0.05) is 12.1 Å². The lowest BCUT2D eigenvalue weighted by Crippen LogP contribution is -2.26. The van der Waals surface area contributed by atoms with Gasteiger partial charge in [-0.1, -0.05) is 18.2 Å². The zero-order chi connectivity index (χ0) is 19.2. The summed E-state index contributed by atoms with van der Waals surface area (Å²) < 4.78 is 39.0. The van der Waals surface area contributed by atoms with Crippen molar-refractivity contribution in [2.45, 2.75) is 11.3 Å². The molecule has 0 aliphatic rings. The van der Waals surface area contributed by atoms with Crippen molar-refractivity contribution < 1.29 is 27.5 Å². The summed E-state index contributed by atoms with van der Waals surface area (Å²) in [4.78, 5) is 22.5. The Hall–Kier alpha value is -2.84. The van der Waals surface area contributed by atoms with Crippen molar-refractivity contribution >= 4 is 27.9 Å². The van der Waals surface area contributed by atoms with Crippen LogP contribution in [0.15, 0.2) is 59.5 Å². The van der Waals surface area contributed by atoms with E-state index in [9.17, 15) is 22.4 Å². The maximum Gasteiger partial charge on any atom is 0.304 e. The average molecular weight is 377 g/mol. The molecule has 0 saturated carbocycles. The number of carboxylic acids is 1. The monoisotopic (exact) mass is 377 g/mol. The summed E-state index contributed by atoms with van der Waals surface area (Å²) in [5, 5.41) is 8.53. The van der Waals surface area contributed by atoms with Crippen LogP contribution in [0.3, 0.4) is 0 Å². The molecule has 6 nitrogen and oxygen atoms in total. The Labute approximate surface area is 150 Å². The number of benzene rings is 2. The third-order valence-corrected chi connectivity index (χ3v) is 4.85. The van der Waals surface area contributed by atoms with E-state index in [4.69, 9.17) is 5.11 Å². The number of ketones is 1. The SMILES string of the molecule is O=C(O)CCNS(=O)(=O)c1ccc(C(=O)/C=C/c2ccc(F)cc2)cc1. The Morgan fingerprint density at radius 3 is 2.23 bits per heavy atom. The van der Waals surface area contributed by atoms with Crippen LogP contribution in [0, 0.1) is 5.82 Å². The molecule has 2 N–H and O–H groups in total. The summed E-state index contributed by atoms with van der Waals surface area (Å²) in [7, 11) is -3.84. The highest BCUT2D eigenvalue weighted by Crippen LogP contribution is 2.12. The van der Waals surface area contributed by atoms with Crippen molar-refractivity contribution in [3.8, 4) is 0 Å². The highest BCUT2D eigenvalue weighted by atomic mass is 32.2. The molecule has 136 valence electrons. The van der Waals surface area contributed by atoms with Crippen LogP contribution in [-0.4, -0.2) is 31.8 Å². The standard InChI is InChI=1S/C18H16FNO5S/c19-15-6-1-13(2-7-15)3-10-17(21)14-4-8-16(9-5-14)26(24,25)20-12-11-18(22)23/h1-10,20H,11-12H2,(H,22,23)/b10-3+. The van der Waals surface area contributed by atoms with Gasteiger partial charge in [0.2, 0.25) is 10.0 Å². The van der Waals surface area contributed by atoms with Crippen LogP contribution in [0.25, 0.3) is 6.08 Å². The second-order valence-corrected chi connectivity index (χ2v) is 7.08. The fourth-order valence-corrected chi connectivity index (χ4v) is 3.05. The van der Waals surface area contributed by atoms with Gasteiger partial charge in [-0.15, -0.1) is 0 Å². The highest BCUT2D eigenvalue weighted by Gasteiger charge is 2.14. The molecule has 0 atom stereocenters. The topological polar surface area (TPSA) is 101 Å². The molecule has 0 fully saturated rings. The Morgan fingerprint density at radius 1 is 1.04 bits per heavy atom. The molecule has 2 aromatic carbocycles. The minimum Gasteiger partial charge on any atom is -0.481 e. The fourth-order valence-electron chi connectivity index (χ4n) is 2.02. The van der Waals surface area contributed by atoms with Crippen LogP contribution in [-0.2, 0) is 14.8 Å². The second-order valence-electron chi connectivity index (χ2n) is 5.32. The van der Waals surface area contributed by atoms with E-state index in [1.54, 1.807) is 0 Å². The number of sulfonamides is 1. The summed E-state index contributed by atoms with van der Waals surface area (Å²) in [6.07, 6.45) is 2.51. The number of carbonyl (C=O) groups is 2. The number of carbonyl (C=O) groups excluding carboxylic acids is 1. The zero-order valence-corrected chi connectivity index (χ0v) is 14.4. The number of rotatable bonds is 8. The molecule has 0 amide bonds. The molecule has 8 heteroatoms. The van der Waals surface area contributed by atoms with Gasteiger partial charge in [-0.05, 0) is 48.0 Å². The lowest BCUT2D eigenvalue weighted by Gasteiger charge is -2.06. The minimum atomic E-state index is -3.84. The van der Waals surface area contributed by atoms with Gasteiger partial charge in [0.15, 0.2) is 5.78 Å². The van der Waals surface area contributed by atoms with E-state index >= 15 is 0 Å². The van der Waals surface area contributed by atoms with E-state index in [2.05, 4.69) is 4.72 Å². The quantitative estimate of drug-likeness (QED) is 0.544. The van der Waals surface area contributed by atoms with Crippen LogP contribution < -0.4 is 4.72 Å². The van der Waals surface area contributed by atoms with E-state index in [0.717, 1.165) is 0 Å². The number of hydrogen-bond acceptors (Lipinski definition) is 4. The van der Waals surface area contributed by atoms with Crippen LogP contribution >= 0.6 is 0 Å². The molecule has 2 aromatic rings. The molecule has 0 aromatic heterocycles. The molecule has 0 unspecified atom stereocenters. The smallest absolute Gasteiger partial charge is 0.304 e. The van der Waals surface area contributed by atoms with Gasteiger partial charge in [-0.2, -0.15) is 0 Å². The van der Waals surface area contributed by atoms with Gasteiger partial charge in [-0.3, -0.25) is 9.59 Å². The van der Waals surface area contributed by atoms with Crippen molar-refractivity contribution in [1.82, 2.24) is 4.72 Å². The largest absolute Gasteiger partial charge is 0.481 e. The number of carboxylic acid groups (broad SMARTS) is 1. The van der Waals surface area contributed by atoms with Gasteiger partial charge in [0.25, 0.3) is 0 Å². The third-order valence-electron chi connectivity index (χ3n) is 3.38. The van der Waals surface area contributed by atoms with Crippen molar-refractivity contribution in [1.29, 1.82) is 0 Å². The van der Waals surface area contributed by atoms with Crippen molar-refractivity contribution in [3.63, 3.8) is 0 Å². The maximum absolute atomic E-state index is 12.8. The Bertz CT molecular complexity index is 919. The summed E-state index contributed by atoms with van der Waals surface area (Å²) in [6.45, 7) is -0.223. The van der Waals surface area contributed by atoms with Crippen LogP contribution in [0.1, 0.15) is 22.3 Å². The first-order chi connectivity index (χ1) is 12.3. The molecule has 0 bridgehead atoms. The lowest BCUT2D eigenvalue weighted by atomic mass is 10.1. The van der Waals surface area contributed by atoms with Gasteiger partial charge in [-0.25, -0.2) is 17.5 Å². The molecule has 0 aliphatic carbocycles. The predicted molar refractivity (Wildman–Crippen MR) is 93.6 cm³/mol. The molecule has 2 rings (SSSR count). The first-order valence-corrected chi connectivity index (χ1v) is 9.06. The van der Waals surface area contributed by atoms with Gasteiger partial charge in [0.05, 0.1) is 11.3 Å². The molecular formula is C18H16FNO5S. The number of hydrogen-bond donors (Lipinski definition) is 2. The summed E-state index contributed by atoms with van der Waals surface area (Å²) in [5.74, 6) is -1.82. The predicted octanol–water partition coefficient (Wildman–Crippen LogP) is 2.47. The first kappa shape index (κ1) is 19.5. The van der Waals surface area contributed by atoms with Crippen molar-refractivity contribution in [3.05, 3.63) is 71.6 Å². The van der Waals surface area contributed by atoms with Crippen LogP contribution in [0.2, 0.25) is 0 Å². The van der Waals surface area contributed by atoms with Gasteiger partial charge in [0.1, 0.15) is 5.82 Å². The highest BCUT2D eigenvalue weighted by molar-refractivity contribution is 7.89. The molecule has 0 heterocycles. The van der Waals surface area contributed by atoms with Crippen LogP contribution in [0.4, 0.5) is 4.39 Å². The zero-order valence-electron chi connectivity index (χ0n) is 13.6. The summed E-state index contributed by atoms with van der Waals surface area (Å²) in [6, 6.07) is 10.9. The molecule has 0 aliphatic heterocycles. The molecule has 26 heavy (non-hydrogen) atoms. The first-order valence-electron chi connectivity index (χ1n) is 7.57. The Morgan fingerprint density at radius 2 is 1.65 bits per heavy atom. The van der Waals surface area contributed by atoms with E-state index in [1.165, 1.54) is 60.7 Å². The van der Waals surface area contributed by atoms with Crippen molar-refractivity contribution in [2.75, 3.05) is 6.54 Å². The van der Waals surface area contributed by atoms with E-state index < -0.39 is 16.0 Å². The number of aliphatic carboxylic acids is 1. The normalized spacial score (nSPS) is 11.6. The summed E-state index contributed by atoms with van der Waals surface area (Å²) >= 11 is 0. The fraction of sp³-hybridized carbons (Fsp3) is 0.111. The molecular weight excluding hydrogens is 361 g/mol. The van der Waals surface area contributed by atoms with Crippen LogP contribution in [0.5, 0.6) is 0 Å².